The molecule has 2 saturated heterocycles. The topological polar surface area (TPSA) is 76.6 Å². The van der Waals surface area contributed by atoms with E-state index in [1.165, 1.54) is 0 Å². The molecule has 7 heteroatoms. The summed E-state index contributed by atoms with van der Waals surface area (Å²) in [6.45, 7) is 5.45. The minimum atomic E-state index is -0.403. The predicted molar refractivity (Wildman–Crippen MR) is 100 cm³/mol. The van der Waals surface area contributed by atoms with Crippen LogP contribution < -0.4 is 10.2 Å². The van der Waals surface area contributed by atoms with E-state index < -0.39 is 5.79 Å². The Balaban J connectivity index is 1.33. The van der Waals surface area contributed by atoms with Gasteiger partial charge in [-0.25, -0.2) is 0 Å². The summed E-state index contributed by atoms with van der Waals surface area (Å²) in [5.41, 5.74) is 2.56. The van der Waals surface area contributed by atoms with Gasteiger partial charge in [0, 0.05) is 32.5 Å². The van der Waals surface area contributed by atoms with Crippen molar-refractivity contribution in [3.05, 3.63) is 53.2 Å². The van der Waals surface area contributed by atoms with Crippen LogP contribution in [0.1, 0.15) is 34.5 Å². The Kier molecular flexibility index (Phi) is 5.05. The highest BCUT2D eigenvalue weighted by Gasteiger charge is 2.40. The number of amides is 1. The quantitative estimate of drug-likeness (QED) is 0.890. The van der Waals surface area contributed by atoms with E-state index in [0.29, 0.717) is 25.5 Å². The lowest BCUT2D eigenvalue weighted by molar-refractivity contribution is -0.169. The third kappa shape index (κ3) is 3.94. The van der Waals surface area contributed by atoms with E-state index in [-0.39, 0.29) is 5.91 Å². The van der Waals surface area contributed by atoms with Crippen molar-refractivity contribution in [3.8, 4) is 0 Å². The molecule has 0 atom stereocenters. The normalized spacial score (nSPS) is 18.6. The number of benzene rings is 1. The largest absolute Gasteiger partial charge is 0.355 e. The molecule has 0 aliphatic carbocycles. The maximum absolute atomic E-state index is 12.3. The monoisotopic (exact) mass is 368 g/mol. The van der Waals surface area contributed by atoms with Gasteiger partial charge < -0.3 is 19.7 Å². The number of hydrogen-bond acceptors (Lipinski definition) is 6. The molecule has 1 aromatic carbocycles. The van der Waals surface area contributed by atoms with E-state index >= 15 is 0 Å². The van der Waals surface area contributed by atoms with E-state index in [1.54, 1.807) is 6.07 Å². The second kappa shape index (κ2) is 7.62. The van der Waals surface area contributed by atoms with Crippen LogP contribution in [0, 0.1) is 6.92 Å². The standard InChI is InChI=1S/C20H24N4O3/c1-15-4-2-3-5-16(15)14-21-19(25)17-6-7-18(23-22-17)24-10-8-20(9-11-24)26-12-13-27-20/h2-7H,8-14H2,1H3,(H,21,25). The van der Waals surface area contributed by atoms with Gasteiger partial charge in [0.25, 0.3) is 5.91 Å². The highest BCUT2D eigenvalue weighted by Crippen LogP contribution is 2.32. The van der Waals surface area contributed by atoms with E-state index in [1.807, 2.05) is 37.3 Å². The highest BCUT2D eigenvalue weighted by molar-refractivity contribution is 5.92. The van der Waals surface area contributed by atoms with Gasteiger partial charge in [-0.1, -0.05) is 24.3 Å². The third-order valence-electron chi connectivity index (χ3n) is 5.25. The lowest BCUT2D eigenvalue weighted by atomic mass is 10.0. The minimum absolute atomic E-state index is 0.220. The second-order valence-electron chi connectivity index (χ2n) is 6.98. The summed E-state index contributed by atoms with van der Waals surface area (Å²) in [6.07, 6.45) is 1.63. The van der Waals surface area contributed by atoms with Gasteiger partial charge in [0.1, 0.15) is 0 Å². The van der Waals surface area contributed by atoms with Crippen LogP contribution in [0.4, 0.5) is 5.82 Å². The molecule has 1 aromatic heterocycles. The van der Waals surface area contributed by atoms with Crippen LogP contribution >= 0.6 is 0 Å². The van der Waals surface area contributed by atoms with Crippen LogP contribution in [0.5, 0.6) is 0 Å². The third-order valence-corrected chi connectivity index (χ3v) is 5.25. The molecule has 0 unspecified atom stereocenters. The van der Waals surface area contributed by atoms with Crippen LogP contribution in [0.15, 0.2) is 36.4 Å². The van der Waals surface area contributed by atoms with Crippen molar-refractivity contribution in [3.63, 3.8) is 0 Å². The van der Waals surface area contributed by atoms with Crippen molar-refractivity contribution >= 4 is 11.7 Å². The number of aromatic nitrogens is 2. The molecule has 27 heavy (non-hydrogen) atoms. The lowest BCUT2D eigenvalue weighted by Crippen LogP contribution is -2.45. The number of carbonyl (C=O) groups excluding carboxylic acids is 1. The number of carbonyl (C=O) groups is 1. The Labute approximate surface area is 158 Å². The summed E-state index contributed by atoms with van der Waals surface area (Å²) >= 11 is 0. The SMILES string of the molecule is Cc1ccccc1CNC(=O)c1ccc(N2CCC3(CC2)OCCO3)nn1. The Morgan fingerprint density at radius 1 is 1.11 bits per heavy atom. The fourth-order valence-corrected chi connectivity index (χ4v) is 3.55. The second-order valence-corrected chi connectivity index (χ2v) is 6.98. The van der Waals surface area contributed by atoms with Crippen molar-refractivity contribution in [1.82, 2.24) is 15.5 Å². The summed E-state index contributed by atoms with van der Waals surface area (Å²) < 4.78 is 11.5. The Morgan fingerprint density at radius 3 is 2.52 bits per heavy atom. The van der Waals surface area contributed by atoms with Crippen LogP contribution in [-0.4, -0.2) is 48.2 Å². The van der Waals surface area contributed by atoms with E-state index in [2.05, 4.69) is 20.4 Å². The predicted octanol–water partition coefficient (Wildman–Crippen LogP) is 2.06. The Bertz CT molecular complexity index is 793. The van der Waals surface area contributed by atoms with Crippen LogP contribution in [0.3, 0.4) is 0 Å². The van der Waals surface area contributed by atoms with E-state index in [0.717, 1.165) is 42.9 Å². The number of anilines is 1. The lowest BCUT2D eigenvalue weighted by Gasteiger charge is -2.37. The maximum Gasteiger partial charge on any atom is 0.272 e. The van der Waals surface area contributed by atoms with Gasteiger partial charge in [-0.15, -0.1) is 10.2 Å². The first-order valence-corrected chi connectivity index (χ1v) is 9.35. The number of ether oxygens (including phenoxy) is 2. The van der Waals surface area contributed by atoms with Gasteiger partial charge in [0.15, 0.2) is 17.3 Å². The van der Waals surface area contributed by atoms with Crippen LogP contribution in [-0.2, 0) is 16.0 Å². The molecular weight excluding hydrogens is 344 g/mol. The van der Waals surface area contributed by atoms with Crippen LogP contribution in [0.25, 0.3) is 0 Å². The van der Waals surface area contributed by atoms with Crippen molar-refractivity contribution in [2.24, 2.45) is 0 Å². The molecular formula is C20H24N4O3. The minimum Gasteiger partial charge on any atom is -0.355 e. The van der Waals surface area contributed by atoms with Gasteiger partial charge in [-0.3, -0.25) is 4.79 Å². The molecule has 2 aliphatic rings. The smallest absolute Gasteiger partial charge is 0.272 e. The maximum atomic E-state index is 12.3. The van der Waals surface area contributed by atoms with Crippen molar-refractivity contribution in [2.45, 2.75) is 32.1 Å². The highest BCUT2D eigenvalue weighted by atomic mass is 16.7. The molecule has 7 nitrogen and oxygen atoms in total. The zero-order valence-electron chi connectivity index (χ0n) is 15.5. The number of nitrogens with zero attached hydrogens (tertiary/aromatic N) is 3. The Morgan fingerprint density at radius 2 is 1.85 bits per heavy atom. The Hall–Kier alpha value is -2.51. The zero-order valence-corrected chi connectivity index (χ0v) is 15.5. The summed E-state index contributed by atoms with van der Waals surface area (Å²) in [5.74, 6) is 0.153. The van der Waals surface area contributed by atoms with E-state index in [9.17, 15) is 4.79 Å². The molecule has 1 amide bonds. The summed E-state index contributed by atoms with van der Waals surface area (Å²) in [5, 5.41) is 11.3. The summed E-state index contributed by atoms with van der Waals surface area (Å²) in [4.78, 5) is 14.5. The van der Waals surface area contributed by atoms with Crippen molar-refractivity contribution in [1.29, 1.82) is 0 Å². The first kappa shape index (κ1) is 17.9. The number of piperidine rings is 1. The van der Waals surface area contributed by atoms with Gasteiger partial charge >= 0.3 is 0 Å². The number of rotatable bonds is 4. The molecule has 0 saturated carbocycles. The number of nitrogens with one attached hydrogen (secondary N) is 1. The average molecular weight is 368 g/mol. The molecule has 142 valence electrons. The van der Waals surface area contributed by atoms with Gasteiger partial charge in [-0.05, 0) is 30.2 Å². The van der Waals surface area contributed by atoms with Crippen molar-refractivity contribution in [2.75, 3.05) is 31.2 Å². The zero-order chi connectivity index (χ0) is 18.7. The van der Waals surface area contributed by atoms with E-state index in [4.69, 9.17) is 9.47 Å². The molecule has 0 bridgehead atoms. The number of hydrogen-bond donors (Lipinski definition) is 1. The van der Waals surface area contributed by atoms with Gasteiger partial charge in [0.2, 0.25) is 0 Å². The fraction of sp³-hybridized carbons (Fsp3) is 0.450. The molecule has 2 aromatic rings. The summed E-state index contributed by atoms with van der Waals surface area (Å²) in [6, 6.07) is 11.6. The first-order chi connectivity index (χ1) is 13.2. The van der Waals surface area contributed by atoms with Crippen molar-refractivity contribution < 1.29 is 14.3 Å². The summed E-state index contributed by atoms with van der Waals surface area (Å²) in [7, 11) is 0. The molecule has 1 spiro atoms. The first-order valence-electron chi connectivity index (χ1n) is 9.35. The fourth-order valence-electron chi connectivity index (χ4n) is 3.55. The molecule has 4 rings (SSSR count). The molecule has 2 aliphatic heterocycles. The molecule has 0 radical (unpaired) electrons. The molecule has 2 fully saturated rings. The van der Waals surface area contributed by atoms with Crippen LogP contribution in [0.2, 0.25) is 0 Å². The molecule has 1 N–H and O–H groups in total. The molecule has 3 heterocycles. The van der Waals surface area contributed by atoms with Gasteiger partial charge in [-0.2, -0.15) is 0 Å². The van der Waals surface area contributed by atoms with Gasteiger partial charge in [0.05, 0.1) is 13.2 Å². The number of aryl methyl sites for hydroxylation is 1. The average Bonchev–Trinajstić information content (AvgIpc) is 3.16.